The average Bonchev–Trinajstić information content (AvgIpc) is 3.56. The monoisotopic (exact) mass is 838 g/mol. The number of carbonyl (C=O) groups excluding carboxylic acids is 1. The van der Waals surface area contributed by atoms with Crippen LogP contribution in [-0.4, -0.2) is 41.1 Å². The summed E-state index contributed by atoms with van der Waals surface area (Å²) in [5, 5.41) is 13.2. The fraction of sp³-hybridized carbons (Fsp3) is 0.244. The number of carbonyl (C=O) groups is 1. The van der Waals surface area contributed by atoms with Gasteiger partial charge < -0.3 is 24.5 Å². The number of aromatic nitrogens is 2. The Kier molecular flexibility index (Phi) is 13.1. The number of nitrogens with zero attached hydrogens (tertiary/aromatic N) is 2. The van der Waals surface area contributed by atoms with Gasteiger partial charge in [-0.1, -0.05) is 151 Å². The molecule has 6 aromatic rings. The number of hydrogen-bond acceptors (Lipinski definition) is 7. The number of aryl methyl sites for hydroxylation is 1. The van der Waals surface area contributed by atoms with Gasteiger partial charge in [0.2, 0.25) is 15.9 Å². The third kappa shape index (κ3) is 9.70. The number of imidazole rings is 1. The standard InChI is InChI=1S/C45H44Cl2N4O6S/c1-29-12-22-37(23-13-29)58(54,55)50-39(24-31-8-4-3-5-9-31)44(53)48-25-36-10-6-7-11-38(36)33-18-20-35(21-19-33)45-56-40(26-51-28-49-42(46)43(51)47)30(2)41(57-45)34-16-14-32(27-52)15-17-34/h3-23,28,30,39-41,45,50,52H,24-27H2,1-2H3,(H,48,53)/t30-,39-,40+,41+,45+/m1/s1. The van der Waals surface area contributed by atoms with Crippen LogP contribution in [0.4, 0.5) is 0 Å². The molecule has 5 aromatic carbocycles. The molecular weight excluding hydrogens is 795 g/mol. The quantitative estimate of drug-likeness (QED) is 0.101. The van der Waals surface area contributed by atoms with E-state index in [9.17, 15) is 18.3 Å². The molecule has 13 heteroatoms. The summed E-state index contributed by atoms with van der Waals surface area (Å²) in [7, 11) is -3.99. The molecule has 1 aliphatic heterocycles. The predicted octanol–water partition coefficient (Wildman–Crippen LogP) is 8.36. The molecule has 1 saturated heterocycles. The molecule has 10 nitrogen and oxygen atoms in total. The van der Waals surface area contributed by atoms with Gasteiger partial charge >= 0.3 is 0 Å². The number of benzene rings is 5. The smallest absolute Gasteiger partial charge is 0.241 e. The highest BCUT2D eigenvalue weighted by Gasteiger charge is 2.39. The Bertz CT molecular complexity index is 2430. The van der Waals surface area contributed by atoms with Gasteiger partial charge in [0.05, 0.1) is 36.6 Å². The van der Waals surface area contributed by atoms with E-state index >= 15 is 0 Å². The minimum atomic E-state index is -3.99. The van der Waals surface area contributed by atoms with Gasteiger partial charge in [0.1, 0.15) is 11.2 Å². The van der Waals surface area contributed by atoms with Crippen molar-refractivity contribution in [1.82, 2.24) is 19.6 Å². The van der Waals surface area contributed by atoms with Crippen LogP contribution in [0, 0.1) is 12.8 Å². The molecule has 0 spiro atoms. The van der Waals surface area contributed by atoms with Crippen LogP contribution in [0.3, 0.4) is 0 Å². The van der Waals surface area contributed by atoms with Gasteiger partial charge in [-0.3, -0.25) is 4.79 Å². The maximum absolute atomic E-state index is 13.8. The third-order valence-electron chi connectivity index (χ3n) is 10.4. The van der Waals surface area contributed by atoms with Crippen molar-refractivity contribution in [3.05, 3.63) is 177 Å². The normalized spacial score (nSPS) is 18.8. The summed E-state index contributed by atoms with van der Waals surface area (Å²) >= 11 is 12.6. The van der Waals surface area contributed by atoms with Crippen LogP contribution in [0.2, 0.25) is 10.3 Å². The molecule has 0 unspecified atom stereocenters. The maximum Gasteiger partial charge on any atom is 0.241 e. The lowest BCUT2D eigenvalue weighted by atomic mass is 9.90. The van der Waals surface area contributed by atoms with E-state index in [1.165, 1.54) is 12.1 Å². The fourth-order valence-corrected chi connectivity index (χ4v) is 8.59. The second-order valence-corrected chi connectivity index (χ2v) is 16.9. The lowest BCUT2D eigenvalue weighted by Gasteiger charge is -2.41. The first-order valence-electron chi connectivity index (χ1n) is 18.9. The number of nitrogens with one attached hydrogen (secondary N) is 2. The first kappa shape index (κ1) is 41.3. The number of ether oxygens (including phenoxy) is 2. The minimum Gasteiger partial charge on any atom is -0.392 e. The number of sulfonamides is 1. The maximum atomic E-state index is 13.8. The average molecular weight is 840 g/mol. The van der Waals surface area contributed by atoms with Crippen molar-refractivity contribution in [2.45, 2.75) is 69.4 Å². The highest BCUT2D eigenvalue weighted by Crippen LogP contribution is 2.43. The Morgan fingerprint density at radius 1 is 0.845 bits per heavy atom. The van der Waals surface area contributed by atoms with Crippen LogP contribution >= 0.6 is 23.2 Å². The summed E-state index contributed by atoms with van der Waals surface area (Å²) < 4.78 is 44.5. The number of rotatable bonds is 14. The molecule has 1 aliphatic rings. The molecule has 0 aliphatic carbocycles. The first-order chi connectivity index (χ1) is 28.0. The van der Waals surface area contributed by atoms with E-state index in [0.29, 0.717) is 11.7 Å². The molecule has 1 aromatic heterocycles. The van der Waals surface area contributed by atoms with Crippen molar-refractivity contribution in [2.24, 2.45) is 5.92 Å². The van der Waals surface area contributed by atoms with Crippen molar-refractivity contribution in [2.75, 3.05) is 0 Å². The van der Waals surface area contributed by atoms with Crippen molar-refractivity contribution >= 4 is 39.1 Å². The third-order valence-corrected chi connectivity index (χ3v) is 12.7. The van der Waals surface area contributed by atoms with Gasteiger partial charge in [0, 0.05) is 18.0 Å². The molecule has 5 atom stereocenters. The van der Waals surface area contributed by atoms with Crippen LogP contribution in [-0.2, 0) is 50.4 Å². The molecule has 7 rings (SSSR count). The van der Waals surface area contributed by atoms with E-state index in [2.05, 4.69) is 21.9 Å². The Labute approximate surface area is 348 Å². The van der Waals surface area contributed by atoms with Crippen LogP contribution in [0.25, 0.3) is 11.1 Å². The Balaban J connectivity index is 1.09. The van der Waals surface area contributed by atoms with Gasteiger partial charge in [-0.15, -0.1) is 0 Å². The zero-order chi connectivity index (χ0) is 40.8. The van der Waals surface area contributed by atoms with Crippen molar-refractivity contribution in [3.63, 3.8) is 0 Å². The van der Waals surface area contributed by atoms with E-state index < -0.39 is 28.3 Å². The van der Waals surface area contributed by atoms with Crippen molar-refractivity contribution < 1.29 is 27.8 Å². The van der Waals surface area contributed by atoms with Crippen LogP contribution in [0.15, 0.2) is 139 Å². The zero-order valence-corrected chi connectivity index (χ0v) is 34.3. The SMILES string of the molecule is Cc1ccc(S(=O)(=O)N[C@H](Cc2ccccc2)C(=O)NCc2ccccc2-c2ccc([C@H]3O[C@@H](Cn4cnc(Cl)c4Cl)[C@@H](C)[C@@H](c4ccc(CO)cc4)O3)cc2)cc1. The van der Waals surface area contributed by atoms with Gasteiger partial charge in [0.15, 0.2) is 11.4 Å². The molecular formula is C45H44Cl2N4O6S. The summed E-state index contributed by atoms with van der Waals surface area (Å²) in [5.41, 5.74) is 6.99. The van der Waals surface area contributed by atoms with Crippen molar-refractivity contribution in [1.29, 1.82) is 0 Å². The molecule has 300 valence electrons. The molecule has 1 fully saturated rings. The van der Waals surface area contributed by atoms with E-state index in [-0.39, 0.29) is 47.7 Å². The molecule has 0 bridgehead atoms. The summed E-state index contributed by atoms with van der Waals surface area (Å²) in [6.45, 7) is 4.47. The number of hydrogen-bond donors (Lipinski definition) is 3. The van der Waals surface area contributed by atoms with Crippen molar-refractivity contribution in [3.8, 4) is 11.1 Å². The van der Waals surface area contributed by atoms with Gasteiger partial charge in [-0.05, 0) is 58.9 Å². The number of aliphatic hydroxyl groups is 1. The van der Waals surface area contributed by atoms with Crippen LogP contribution < -0.4 is 10.0 Å². The fourth-order valence-electron chi connectivity index (χ4n) is 7.08. The van der Waals surface area contributed by atoms with Gasteiger partial charge in [-0.25, -0.2) is 13.4 Å². The number of aliphatic hydroxyl groups excluding tert-OH is 1. The first-order valence-corrected chi connectivity index (χ1v) is 21.2. The largest absolute Gasteiger partial charge is 0.392 e. The number of amides is 1. The van der Waals surface area contributed by atoms with E-state index in [0.717, 1.165) is 44.5 Å². The Morgan fingerprint density at radius 3 is 2.19 bits per heavy atom. The predicted molar refractivity (Wildman–Crippen MR) is 224 cm³/mol. The molecule has 0 radical (unpaired) electrons. The van der Waals surface area contributed by atoms with E-state index in [4.69, 9.17) is 32.7 Å². The van der Waals surface area contributed by atoms with Crippen LogP contribution in [0.1, 0.15) is 52.7 Å². The lowest BCUT2D eigenvalue weighted by Crippen LogP contribution is -2.47. The van der Waals surface area contributed by atoms with E-state index in [1.807, 2.05) is 110 Å². The zero-order valence-electron chi connectivity index (χ0n) is 32.0. The number of halogens is 2. The van der Waals surface area contributed by atoms with Crippen LogP contribution in [0.5, 0.6) is 0 Å². The summed E-state index contributed by atoms with van der Waals surface area (Å²) in [4.78, 5) is 18.0. The molecule has 3 N–H and O–H groups in total. The van der Waals surface area contributed by atoms with E-state index in [1.54, 1.807) is 23.0 Å². The lowest BCUT2D eigenvalue weighted by molar-refractivity contribution is -0.276. The highest BCUT2D eigenvalue weighted by molar-refractivity contribution is 7.89. The summed E-state index contributed by atoms with van der Waals surface area (Å²) in [6.07, 6.45) is 0.405. The summed E-state index contributed by atoms with van der Waals surface area (Å²) in [6, 6.07) is 38.1. The Morgan fingerprint density at radius 2 is 1.52 bits per heavy atom. The van der Waals surface area contributed by atoms with Gasteiger partial charge in [-0.2, -0.15) is 4.72 Å². The molecule has 0 saturated carbocycles. The molecule has 58 heavy (non-hydrogen) atoms. The minimum absolute atomic E-state index is 0.0533. The van der Waals surface area contributed by atoms with Gasteiger partial charge in [0.25, 0.3) is 0 Å². The Hall–Kier alpha value is -4.85. The summed E-state index contributed by atoms with van der Waals surface area (Å²) in [5.74, 6) is -0.528. The molecule has 2 heterocycles. The second kappa shape index (κ2) is 18.4. The highest BCUT2D eigenvalue weighted by atomic mass is 35.5. The topological polar surface area (TPSA) is 132 Å². The second-order valence-electron chi connectivity index (χ2n) is 14.5. The molecule has 1 amide bonds.